The van der Waals surface area contributed by atoms with Crippen molar-refractivity contribution in [3.05, 3.63) is 101 Å². The smallest absolute Gasteiger partial charge is 0.224 e. The molecule has 1 N–H and O–H groups in total. The minimum atomic E-state index is -0.295. The van der Waals surface area contributed by atoms with E-state index in [9.17, 15) is 9.18 Å². The summed E-state index contributed by atoms with van der Waals surface area (Å²) < 4.78 is 13.1. The molecule has 0 bridgehead atoms. The molecule has 29 heavy (non-hydrogen) atoms. The molecular formula is C24H24FN3O. The fourth-order valence-corrected chi connectivity index (χ4v) is 3.88. The summed E-state index contributed by atoms with van der Waals surface area (Å²) in [5.74, 6) is -0.362. The number of hydrogen-bond acceptors (Lipinski definition) is 3. The number of nitrogens with one attached hydrogen (secondary N) is 1. The highest BCUT2D eigenvalue weighted by Gasteiger charge is 2.25. The normalized spacial score (nSPS) is 14.8. The fraction of sp³-hybridized carbons (Fsp3) is 0.250. The van der Waals surface area contributed by atoms with Gasteiger partial charge in [0.2, 0.25) is 5.91 Å². The van der Waals surface area contributed by atoms with Crippen molar-refractivity contribution >= 4 is 5.91 Å². The summed E-state index contributed by atoms with van der Waals surface area (Å²) in [6.07, 6.45) is 4.87. The first-order valence-corrected chi connectivity index (χ1v) is 9.91. The number of carbonyl (C=O) groups excluding carboxylic acids is 1. The van der Waals surface area contributed by atoms with Crippen LogP contribution in [0.25, 0.3) is 0 Å². The molecule has 1 amide bonds. The fourth-order valence-electron chi connectivity index (χ4n) is 3.88. The Morgan fingerprint density at radius 2 is 1.86 bits per heavy atom. The number of halogens is 1. The van der Waals surface area contributed by atoms with Gasteiger partial charge in [0.25, 0.3) is 0 Å². The molecule has 4 nitrogen and oxygen atoms in total. The number of aromatic nitrogens is 1. The Morgan fingerprint density at radius 1 is 1.07 bits per heavy atom. The Balaban J connectivity index is 1.45. The van der Waals surface area contributed by atoms with E-state index < -0.39 is 0 Å². The first kappa shape index (κ1) is 19.3. The van der Waals surface area contributed by atoms with Gasteiger partial charge in [-0.15, -0.1) is 0 Å². The minimum absolute atomic E-state index is 0.0502. The Morgan fingerprint density at radius 3 is 2.62 bits per heavy atom. The number of nitrogens with zero attached hydrogens (tertiary/aromatic N) is 2. The lowest BCUT2D eigenvalue weighted by Crippen LogP contribution is -2.41. The number of rotatable bonds is 6. The standard InChI is InChI=1S/C24H24FN3O/c25-22-9-7-18(8-10-22)14-24(29)27-16-23(20-6-3-12-26-15-20)28-13-11-19-4-1-2-5-21(19)17-28/h1-10,12,15,23H,11,13-14,16-17H2,(H,27,29)/t23-/m0/s1. The number of hydrogen-bond donors (Lipinski definition) is 1. The summed E-state index contributed by atoms with van der Waals surface area (Å²) in [6.45, 7) is 2.29. The Hall–Kier alpha value is -3.05. The van der Waals surface area contributed by atoms with E-state index in [1.807, 2.05) is 12.3 Å². The van der Waals surface area contributed by atoms with Gasteiger partial charge in [-0.2, -0.15) is 0 Å². The van der Waals surface area contributed by atoms with Crippen molar-refractivity contribution in [3.63, 3.8) is 0 Å². The second-order valence-corrected chi connectivity index (χ2v) is 7.40. The minimum Gasteiger partial charge on any atom is -0.354 e. The zero-order chi connectivity index (χ0) is 20.1. The first-order chi connectivity index (χ1) is 14.2. The van der Waals surface area contributed by atoms with Crippen LogP contribution in [0.1, 0.15) is 28.3 Å². The largest absolute Gasteiger partial charge is 0.354 e. The molecule has 0 aliphatic carbocycles. The molecule has 0 fully saturated rings. The van der Waals surface area contributed by atoms with Crippen molar-refractivity contribution in [1.82, 2.24) is 15.2 Å². The summed E-state index contributed by atoms with van der Waals surface area (Å²) in [4.78, 5) is 19.1. The van der Waals surface area contributed by atoms with E-state index in [0.29, 0.717) is 6.54 Å². The van der Waals surface area contributed by atoms with Crippen LogP contribution in [0.2, 0.25) is 0 Å². The molecular weight excluding hydrogens is 365 g/mol. The second-order valence-electron chi connectivity index (χ2n) is 7.40. The van der Waals surface area contributed by atoms with Crippen LogP contribution < -0.4 is 5.32 Å². The Kier molecular flexibility index (Phi) is 5.96. The third-order valence-electron chi connectivity index (χ3n) is 5.44. The Labute approximate surface area is 170 Å². The van der Waals surface area contributed by atoms with Crippen molar-refractivity contribution < 1.29 is 9.18 Å². The maximum Gasteiger partial charge on any atom is 0.224 e. The average Bonchev–Trinajstić information content (AvgIpc) is 2.76. The van der Waals surface area contributed by atoms with E-state index in [1.54, 1.807) is 18.3 Å². The number of carbonyl (C=O) groups is 1. The van der Waals surface area contributed by atoms with Gasteiger partial charge in [0.15, 0.2) is 0 Å². The van der Waals surface area contributed by atoms with E-state index in [1.165, 1.54) is 23.3 Å². The molecule has 1 aliphatic heterocycles. The molecule has 0 unspecified atom stereocenters. The van der Waals surface area contributed by atoms with Crippen LogP contribution in [-0.2, 0) is 24.2 Å². The zero-order valence-corrected chi connectivity index (χ0v) is 16.2. The molecule has 2 heterocycles. The molecule has 3 aromatic rings. The van der Waals surface area contributed by atoms with Crippen LogP contribution in [0.5, 0.6) is 0 Å². The molecule has 2 aromatic carbocycles. The van der Waals surface area contributed by atoms with Crippen LogP contribution in [0.3, 0.4) is 0 Å². The van der Waals surface area contributed by atoms with Crippen LogP contribution in [0, 0.1) is 5.82 Å². The highest BCUT2D eigenvalue weighted by Crippen LogP contribution is 2.27. The molecule has 0 spiro atoms. The predicted octanol–water partition coefficient (Wildman–Crippen LogP) is 3.68. The zero-order valence-electron chi connectivity index (χ0n) is 16.2. The van der Waals surface area contributed by atoms with Gasteiger partial charge in [0.1, 0.15) is 5.82 Å². The van der Waals surface area contributed by atoms with Crippen molar-refractivity contribution in [1.29, 1.82) is 0 Å². The van der Waals surface area contributed by atoms with Gasteiger partial charge in [0, 0.05) is 32.0 Å². The molecule has 148 valence electrons. The van der Waals surface area contributed by atoms with Crippen molar-refractivity contribution in [2.24, 2.45) is 0 Å². The van der Waals surface area contributed by atoms with Crippen molar-refractivity contribution in [2.75, 3.05) is 13.1 Å². The number of fused-ring (bicyclic) bond motifs is 1. The SMILES string of the molecule is O=C(Cc1ccc(F)cc1)NC[C@@H](c1cccnc1)N1CCc2ccccc2C1. The molecule has 0 saturated heterocycles. The van der Waals surface area contributed by atoms with Crippen LogP contribution in [-0.4, -0.2) is 28.9 Å². The number of amides is 1. The highest BCUT2D eigenvalue weighted by atomic mass is 19.1. The van der Waals surface area contributed by atoms with E-state index in [0.717, 1.165) is 30.6 Å². The monoisotopic (exact) mass is 389 g/mol. The molecule has 4 rings (SSSR count). The summed E-state index contributed by atoms with van der Waals surface area (Å²) >= 11 is 0. The van der Waals surface area contributed by atoms with Gasteiger partial charge in [-0.1, -0.05) is 42.5 Å². The average molecular weight is 389 g/mol. The molecule has 1 atom stereocenters. The maximum absolute atomic E-state index is 13.1. The van der Waals surface area contributed by atoms with Gasteiger partial charge in [-0.25, -0.2) is 4.39 Å². The van der Waals surface area contributed by atoms with Crippen molar-refractivity contribution in [3.8, 4) is 0 Å². The van der Waals surface area contributed by atoms with Crippen molar-refractivity contribution in [2.45, 2.75) is 25.4 Å². The number of pyridine rings is 1. The number of benzene rings is 2. The highest BCUT2D eigenvalue weighted by molar-refractivity contribution is 5.78. The van der Waals surface area contributed by atoms with E-state index >= 15 is 0 Å². The van der Waals surface area contributed by atoms with Gasteiger partial charge in [-0.05, 0) is 46.9 Å². The van der Waals surface area contributed by atoms with Gasteiger partial charge in [-0.3, -0.25) is 14.7 Å². The summed E-state index contributed by atoms with van der Waals surface area (Å²) in [5.41, 5.74) is 4.63. The molecule has 5 heteroatoms. The Bertz CT molecular complexity index is 959. The maximum atomic E-state index is 13.1. The van der Waals surface area contributed by atoms with Gasteiger partial charge < -0.3 is 5.32 Å². The van der Waals surface area contributed by atoms with Gasteiger partial charge in [0.05, 0.1) is 12.5 Å². The van der Waals surface area contributed by atoms with Crippen LogP contribution in [0.4, 0.5) is 4.39 Å². The van der Waals surface area contributed by atoms with Crippen LogP contribution in [0.15, 0.2) is 73.1 Å². The van der Waals surface area contributed by atoms with E-state index in [4.69, 9.17) is 0 Å². The predicted molar refractivity (Wildman–Crippen MR) is 111 cm³/mol. The summed E-state index contributed by atoms with van der Waals surface area (Å²) in [6, 6.07) is 18.6. The van der Waals surface area contributed by atoms with Crippen LogP contribution >= 0.6 is 0 Å². The molecule has 1 aliphatic rings. The summed E-state index contributed by atoms with van der Waals surface area (Å²) in [7, 11) is 0. The first-order valence-electron chi connectivity index (χ1n) is 9.91. The quantitative estimate of drug-likeness (QED) is 0.700. The van der Waals surface area contributed by atoms with E-state index in [2.05, 4.69) is 45.5 Å². The lowest BCUT2D eigenvalue weighted by atomic mass is 9.97. The third kappa shape index (κ3) is 4.87. The molecule has 0 saturated carbocycles. The summed E-state index contributed by atoms with van der Waals surface area (Å²) in [5, 5.41) is 3.06. The molecule has 0 radical (unpaired) electrons. The topological polar surface area (TPSA) is 45.2 Å². The lowest BCUT2D eigenvalue weighted by molar-refractivity contribution is -0.120. The third-order valence-corrected chi connectivity index (χ3v) is 5.44. The second kappa shape index (κ2) is 8.97. The molecule has 1 aromatic heterocycles. The van der Waals surface area contributed by atoms with E-state index in [-0.39, 0.29) is 24.2 Å². The lowest BCUT2D eigenvalue weighted by Gasteiger charge is -2.36. The van der Waals surface area contributed by atoms with Gasteiger partial charge >= 0.3 is 0 Å².